The summed E-state index contributed by atoms with van der Waals surface area (Å²) in [5, 5.41) is 5.26. The number of carbonyl (C=O) groups excluding carboxylic acids is 1. The number of carbonyl (C=O) groups is 1. The van der Waals surface area contributed by atoms with Gasteiger partial charge in [-0.3, -0.25) is 4.79 Å². The van der Waals surface area contributed by atoms with E-state index in [1.54, 1.807) is 0 Å². The Kier molecular flexibility index (Phi) is 3.76. The van der Waals surface area contributed by atoms with Crippen molar-refractivity contribution in [1.29, 1.82) is 0 Å². The first-order valence-corrected chi connectivity index (χ1v) is 6.04. The summed E-state index contributed by atoms with van der Waals surface area (Å²) in [5.74, 6) is 0.100. The van der Waals surface area contributed by atoms with Crippen molar-refractivity contribution in [2.24, 2.45) is 0 Å². The van der Waals surface area contributed by atoms with Gasteiger partial charge >= 0.3 is 0 Å². The van der Waals surface area contributed by atoms with Crippen LogP contribution in [0.25, 0.3) is 10.8 Å². The third kappa shape index (κ3) is 2.84. The zero-order valence-electron chi connectivity index (χ0n) is 10.1. The molecule has 0 radical (unpaired) electrons. The highest BCUT2D eigenvalue weighted by Gasteiger charge is 2.05. The molecule has 88 valence electrons. The van der Waals surface area contributed by atoms with Gasteiger partial charge in [-0.15, -0.1) is 0 Å². The van der Waals surface area contributed by atoms with Crippen LogP contribution in [0.5, 0.6) is 0 Å². The Morgan fingerprint density at radius 1 is 1.12 bits per heavy atom. The van der Waals surface area contributed by atoms with Crippen molar-refractivity contribution < 1.29 is 4.79 Å². The number of amides is 1. The third-order valence-corrected chi connectivity index (χ3v) is 2.80. The lowest BCUT2D eigenvalue weighted by molar-refractivity contribution is -0.120. The number of benzene rings is 2. The molecule has 0 heterocycles. The third-order valence-electron chi connectivity index (χ3n) is 2.80. The Balaban J connectivity index is 2.21. The molecule has 0 saturated heterocycles. The number of nitrogens with one attached hydrogen (secondary N) is 1. The highest BCUT2D eigenvalue weighted by atomic mass is 16.1. The van der Waals surface area contributed by atoms with Gasteiger partial charge in [0.15, 0.2) is 0 Å². The van der Waals surface area contributed by atoms with Crippen LogP contribution in [0.4, 0.5) is 0 Å². The van der Waals surface area contributed by atoms with E-state index in [1.807, 2.05) is 24.3 Å². The molecule has 17 heavy (non-hydrogen) atoms. The van der Waals surface area contributed by atoms with Crippen molar-refractivity contribution in [1.82, 2.24) is 5.32 Å². The van der Waals surface area contributed by atoms with E-state index in [2.05, 4.69) is 30.4 Å². The molecular formula is C15H17NO. The largest absolute Gasteiger partial charge is 0.356 e. The molecule has 0 bridgehead atoms. The van der Waals surface area contributed by atoms with E-state index < -0.39 is 0 Å². The van der Waals surface area contributed by atoms with Gasteiger partial charge in [0.1, 0.15) is 0 Å². The van der Waals surface area contributed by atoms with E-state index in [-0.39, 0.29) is 5.91 Å². The van der Waals surface area contributed by atoms with Crippen molar-refractivity contribution in [3.8, 4) is 0 Å². The minimum atomic E-state index is 0.100. The maximum atomic E-state index is 11.7. The van der Waals surface area contributed by atoms with Gasteiger partial charge in [-0.2, -0.15) is 0 Å². The summed E-state index contributed by atoms with van der Waals surface area (Å²) in [6.07, 6.45) is 1.43. The zero-order chi connectivity index (χ0) is 12.1. The highest BCUT2D eigenvalue weighted by Crippen LogP contribution is 2.18. The maximum Gasteiger partial charge on any atom is 0.224 e. The van der Waals surface area contributed by atoms with Crippen LogP contribution >= 0.6 is 0 Å². The van der Waals surface area contributed by atoms with E-state index in [0.29, 0.717) is 6.42 Å². The van der Waals surface area contributed by atoms with Gasteiger partial charge in [-0.25, -0.2) is 0 Å². The molecule has 1 N–H and O–H groups in total. The number of hydrogen-bond donors (Lipinski definition) is 1. The minimum absolute atomic E-state index is 0.100. The number of rotatable bonds is 4. The molecule has 2 aromatic rings. The standard InChI is InChI=1S/C15H17NO/c1-2-10-16-15(17)11-13-8-5-7-12-6-3-4-9-14(12)13/h3-9H,2,10-11H2,1H3,(H,16,17). The second-order valence-corrected chi connectivity index (χ2v) is 4.17. The average Bonchev–Trinajstić information content (AvgIpc) is 2.37. The molecule has 0 fully saturated rings. The van der Waals surface area contributed by atoms with Crippen LogP contribution in [0.2, 0.25) is 0 Å². The molecule has 2 nitrogen and oxygen atoms in total. The van der Waals surface area contributed by atoms with Crippen molar-refractivity contribution in [3.63, 3.8) is 0 Å². The topological polar surface area (TPSA) is 29.1 Å². The molecule has 0 unspecified atom stereocenters. The molecule has 2 aromatic carbocycles. The predicted octanol–water partition coefficient (Wildman–Crippen LogP) is 2.91. The Hall–Kier alpha value is -1.83. The molecule has 1 amide bonds. The molecule has 0 spiro atoms. The van der Waals surface area contributed by atoms with Crippen LogP contribution in [0.1, 0.15) is 18.9 Å². The van der Waals surface area contributed by atoms with Crippen molar-refractivity contribution in [2.75, 3.05) is 6.54 Å². The Bertz CT molecular complexity index is 514. The van der Waals surface area contributed by atoms with Gasteiger partial charge in [0.25, 0.3) is 0 Å². The molecule has 2 heteroatoms. The summed E-state index contributed by atoms with van der Waals surface area (Å²) in [6, 6.07) is 14.3. The van der Waals surface area contributed by atoms with Gasteiger partial charge in [0.2, 0.25) is 5.91 Å². The lowest BCUT2D eigenvalue weighted by Crippen LogP contribution is -2.25. The van der Waals surface area contributed by atoms with Gasteiger partial charge < -0.3 is 5.32 Å². The van der Waals surface area contributed by atoms with E-state index in [9.17, 15) is 4.79 Å². The lowest BCUT2D eigenvalue weighted by Gasteiger charge is -2.07. The fourth-order valence-electron chi connectivity index (χ4n) is 1.95. The zero-order valence-corrected chi connectivity index (χ0v) is 10.1. The van der Waals surface area contributed by atoms with Crippen LogP contribution in [-0.4, -0.2) is 12.5 Å². The number of fused-ring (bicyclic) bond motifs is 1. The van der Waals surface area contributed by atoms with Gasteiger partial charge in [-0.1, -0.05) is 49.4 Å². The van der Waals surface area contributed by atoms with Crippen LogP contribution in [0.3, 0.4) is 0 Å². The summed E-state index contributed by atoms with van der Waals surface area (Å²) in [5.41, 5.74) is 1.09. The molecule has 2 rings (SSSR count). The van der Waals surface area contributed by atoms with Crippen molar-refractivity contribution >= 4 is 16.7 Å². The lowest BCUT2D eigenvalue weighted by atomic mass is 10.0. The summed E-state index contributed by atoms with van der Waals surface area (Å²) in [4.78, 5) is 11.7. The highest BCUT2D eigenvalue weighted by molar-refractivity contribution is 5.90. The smallest absolute Gasteiger partial charge is 0.224 e. The van der Waals surface area contributed by atoms with Crippen LogP contribution in [-0.2, 0) is 11.2 Å². The van der Waals surface area contributed by atoms with Crippen LogP contribution < -0.4 is 5.32 Å². The molecule has 0 aromatic heterocycles. The molecule has 0 aliphatic carbocycles. The molecule has 0 aliphatic rings. The maximum absolute atomic E-state index is 11.7. The van der Waals surface area contributed by atoms with Gasteiger partial charge in [0, 0.05) is 6.54 Å². The number of hydrogen-bond acceptors (Lipinski definition) is 1. The van der Waals surface area contributed by atoms with Crippen molar-refractivity contribution in [2.45, 2.75) is 19.8 Å². The van der Waals surface area contributed by atoms with E-state index in [4.69, 9.17) is 0 Å². The second-order valence-electron chi connectivity index (χ2n) is 4.17. The fraction of sp³-hybridized carbons (Fsp3) is 0.267. The second kappa shape index (κ2) is 5.48. The van der Waals surface area contributed by atoms with E-state index in [1.165, 1.54) is 10.8 Å². The SMILES string of the molecule is CCCNC(=O)Cc1cccc2ccccc12. The first-order chi connectivity index (χ1) is 8.31. The van der Waals surface area contributed by atoms with Gasteiger partial charge in [0.05, 0.1) is 6.42 Å². The van der Waals surface area contributed by atoms with Crippen LogP contribution in [0.15, 0.2) is 42.5 Å². The fourth-order valence-corrected chi connectivity index (χ4v) is 1.95. The predicted molar refractivity (Wildman–Crippen MR) is 71.0 cm³/mol. The first-order valence-electron chi connectivity index (χ1n) is 6.04. The van der Waals surface area contributed by atoms with E-state index >= 15 is 0 Å². The summed E-state index contributed by atoms with van der Waals surface area (Å²) in [6.45, 7) is 2.81. The van der Waals surface area contributed by atoms with Crippen molar-refractivity contribution in [3.05, 3.63) is 48.0 Å². The quantitative estimate of drug-likeness (QED) is 0.855. The first kappa shape index (κ1) is 11.6. The Morgan fingerprint density at radius 3 is 2.71 bits per heavy atom. The Morgan fingerprint density at radius 2 is 1.88 bits per heavy atom. The summed E-state index contributed by atoms with van der Waals surface area (Å²) in [7, 11) is 0. The molecule has 0 saturated carbocycles. The van der Waals surface area contributed by atoms with Crippen LogP contribution in [0, 0.1) is 0 Å². The molecule has 0 atom stereocenters. The minimum Gasteiger partial charge on any atom is -0.356 e. The molecule has 0 aliphatic heterocycles. The van der Waals surface area contributed by atoms with E-state index in [0.717, 1.165) is 18.5 Å². The van der Waals surface area contributed by atoms with Gasteiger partial charge in [-0.05, 0) is 22.8 Å². The monoisotopic (exact) mass is 227 g/mol. The Labute approximate surface area is 102 Å². The normalized spacial score (nSPS) is 10.4. The summed E-state index contributed by atoms with van der Waals surface area (Å²) >= 11 is 0. The average molecular weight is 227 g/mol. The molecular weight excluding hydrogens is 210 g/mol. The summed E-state index contributed by atoms with van der Waals surface area (Å²) < 4.78 is 0.